The van der Waals surface area contributed by atoms with Gasteiger partial charge in [0.25, 0.3) is 5.91 Å². The summed E-state index contributed by atoms with van der Waals surface area (Å²) in [6.45, 7) is 4.94. The molecule has 10 heteroatoms. The Bertz CT molecular complexity index is 882. The molecule has 0 heterocycles. The standard InChI is InChI=1S/C20H27N3O6S/c1-3-12-21-30(27,28)16-10-8-15(9-11-16)19(25)29-13-18(24)23-20(26)22-17-7-5-4-6-14(17)2/h3,8-11,14,17,21H,1,4-7,12-13H2,2H3,(H2,22,23,24,26). The maximum absolute atomic E-state index is 12.0. The first kappa shape index (κ1) is 23.6. The van der Waals surface area contributed by atoms with E-state index in [0.29, 0.717) is 5.92 Å². The molecule has 1 aromatic carbocycles. The summed E-state index contributed by atoms with van der Waals surface area (Å²) in [6, 6.07) is 4.46. The highest BCUT2D eigenvalue weighted by Crippen LogP contribution is 2.23. The van der Waals surface area contributed by atoms with Crippen LogP contribution >= 0.6 is 0 Å². The third-order valence-electron chi connectivity index (χ3n) is 4.83. The van der Waals surface area contributed by atoms with Crippen LogP contribution in [0.3, 0.4) is 0 Å². The molecule has 0 radical (unpaired) electrons. The third-order valence-corrected chi connectivity index (χ3v) is 6.27. The van der Waals surface area contributed by atoms with E-state index >= 15 is 0 Å². The molecule has 0 spiro atoms. The normalized spacial score (nSPS) is 18.8. The number of benzene rings is 1. The molecule has 2 atom stereocenters. The predicted octanol–water partition coefficient (Wildman–Crippen LogP) is 1.71. The zero-order valence-corrected chi connectivity index (χ0v) is 17.7. The van der Waals surface area contributed by atoms with E-state index in [4.69, 9.17) is 4.74 Å². The van der Waals surface area contributed by atoms with Crippen molar-refractivity contribution >= 4 is 27.9 Å². The van der Waals surface area contributed by atoms with Crippen molar-refractivity contribution in [1.82, 2.24) is 15.4 Å². The second-order valence-electron chi connectivity index (χ2n) is 7.13. The average molecular weight is 438 g/mol. The minimum Gasteiger partial charge on any atom is -0.452 e. The van der Waals surface area contributed by atoms with Crippen LogP contribution in [0.25, 0.3) is 0 Å². The third kappa shape index (κ3) is 6.96. The smallest absolute Gasteiger partial charge is 0.338 e. The van der Waals surface area contributed by atoms with Crippen LogP contribution in [-0.4, -0.2) is 45.5 Å². The zero-order valence-electron chi connectivity index (χ0n) is 16.8. The zero-order chi connectivity index (χ0) is 22.1. The molecule has 2 rings (SSSR count). The van der Waals surface area contributed by atoms with Crippen LogP contribution < -0.4 is 15.4 Å². The van der Waals surface area contributed by atoms with Gasteiger partial charge in [0.05, 0.1) is 10.5 Å². The Morgan fingerprint density at radius 3 is 2.47 bits per heavy atom. The van der Waals surface area contributed by atoms with Crippen molar-refractivity contribution in [2.75, 3.05) is 13.2 Å². The summed E-state index contributed by atoms with van der Waals surface area (Å²) in [5.74, 6) is -1.22. The number of hydrogen-bond donors (Lipinski definition) is 3. The summed E-state index contributed by atoms with van der Waals surface area (Å²) in [5.41, 5.74) is 0.0750. The monoisotopic (exact) mass is 437 g/mol. The van der Waals surface area contributed by atoms with Crippen LogP contribution in [-0.2, 0) is 19.6 Å². The first-order valence-corrected chi connectivity index (χ1v) is 11.2. The van der Waals surface area contributed by atoms with Gasteiger partial charge in [-0.1, -0.05) is 25.8 Å². The number of carbonyl (C=O) groups is 3. The second kappa shape index (κ2) is 10.9. The molecule has 3 amide bonds. The van der Waals surface area contributed by atoms with Gasteiger partial charge in [-0.05, 0) is 43.0 Å². The van der Waals surface area contributed by atoms with Crippen molar-refractivity contribution in [2.24, 2.45) is 5.92 Å². The number of imide groups is 1. The van der Waals surface area contributed by atoms with E-state index in [1.54, 1.807) is 0 Å². The summed E-state index contributed by atoms with van der Waals surface area (Å²) in [6.07, 6.45) is 5.47. The number of ether oxygens (including phenoxy) is 1. The molecule has 0 saturated heterocycles. The minimum atomic E-state index is -3.70. The van der Waals surface area contributed by atoms with Crippen LogP contribution in [0.4, 0.5) is 4.79 Å². The van der Waals surface area contributed by atoms with E-state index in [1.807, 2.05) is 0 Å². The maximum Gasteiger partial charge on any atom is 0.338 e. The molecule has 30 heavy (non-hydrogen) atoms. The molecule has 3 N–H and O–H groups in total. The Hall–Kier alpha value is -2.72. The van der Waals surface area contributed by atoms with Gasteiger partial charge in [-0.15, -0.1) is 6.58 Å². The number of carbonyl (C=O) groups excluding carboxylic acids is 3. The number of urea groups is 1. The highest BCUT2D eigenvalue weighted by atomic mass is 32.2. The quantitative estimate of drug-likeness (QED) is 0.419. The van der Waals surface area contributed by atoms with Crippen molar-refractivity contribution in [3.05, 3.63) is 42.5 Å². The van der Waals surface area contributed by atoms with Gasteiger partial charge in [-0.25, -0.2) is 22.7 Å². The highest BCUT2D eigenvalue weighted by Gasteiger charge is 2.23. The molecule has 0 bridgehead atoms. The Balaban J connectivity index is 1.81. The SMILES string of the molecule is C=CCNS(=O)(=O)c1ccc(C(=O)OCC(=O)NC(=O)NC2CCCCC2C)cc1. The maximum atomic E-state index is 12.0. The van der Waals surface area contributed by atoms with E-state index in [1.165, 1.54) is 30.3 Å². The Morgan fingerprint density at radius 2 is 1.83 bits per heavy atom. The van der Waals surface area contributed by atoms with Crippen LogP contribution in [0, 0.1) is 5.92 Å². The number of sulfonamides is 1. The van der Waals surface area contributed by atoms with E-state index in [-0.39, 0.29) is 23.0 Å². The topological polar surface area (TPSA) is 131 Å². The number of rotatable bonds is 8. The lowest BCUT2D eigenvalue weighted by Crippen LogP contribution is -2.48. The van der Waals surface area contributed by atoms with Gasteiger partial charge < -0.3 is 10.1 Å². The van der Waals surface area contributed by atoms with Gasteiger partial charge in [0.1, 0.15) is 0 Å². The van der Waals surface area contributed by atoms with E-state index < -0.39 is 34.5 Å². The lowest BCUT2D eigenvalue weighted by molar-refractivity contribution is -0.123. The van der Waals surface area contributed by atoms with Crippen molar-refractivity contribution in [2.45, 2.75) is 43.5 Å². The van der Waals surface area contributed by atoms with Crippen molar-refractivity contribution in [3.8, 4) is 0 Å². The summed E-state index contributed by atoms with van der Waals surface area (Å²) in [7, 11) is -3.70. The fourth-order valence-corrected chi connectivity index (χ4v) is 4.13. The molecule has 0 aromatic heterocycles. The Morgan fingerprint density at radius 1 is 1.17 bits per heavy atom. The number of hydrogen-bond acceptors (Lipinski definition) is 6. The molecule has 1 saturated carbocycles. The van der Waals surface area contributed by atoms with Gasteiger partial charge in [-0.3, -0.25) is 10.1 Å². The van der Waals surface area contributed by atoms with Crippen molar-refractivity contribution < 1.29 is 27.5 Å². The number of esters is 1. The lowest BCUT2D eigenvalue weighted by Gasteiger charge is -2.29. The van der Waals surface area contributed by atoms with Crippen molar-refractivity contribution in [3.63, 3.8) is 0 Å². The van der Waals surface area contributed by atoms with Crippen molar-refractivity contribution in [1.29, 1.82) is 0 Å². The lowest BCUT2D eigenvalue weighted by atomic mass is 9.86. The fourth-order valence-electron chi connectivity index (χ4n) is 3.13. The first-order valence-electron chi connectivity index (χ1n) is 9.71. The van der Waals surface area contributed by atoms with E-state index in [2.05, 4.69) is 28.9 Å². The second-order valence-corrected chi connectivity index (χ2v) is 8.90. The number of nitrogens with one attached hydrogen (secondary N) is 3. The van der Waals surface area contributed by atoms with E-state index in [0.717, 1.165) is 25.7 Å². The molecule has 1 aliphatic carbocycles. The van der Waals surface area contributed by atoms with Gasteiger partial charge in [0.2, 0.25) is 10.0 Å². The molecule has 9 nitrogen and oxygen atoms in total. The largest absolute Gasteiger partial charge is 0.452 e. The average Bonchev–Trinajstić information content (AvgIpc) is 2.72. The summed E-state index contributed by atoms with van der Waals surface area (Å²) >= 11 is 0. The minimum absolute atomic E-state index is 0.0184. The summed E-state index contributed by atoms with van der Waals surface area (Å²) in [5, 5.41) is 4.91. The van der Waals surface area contributed by atoms with Gasteiger partial charge >= 0.3 is 12.0 Å². The van der Waals surface area contributed by atoms with Crippen LogP contribution in [0.5, 0.6) is 0 Å². The van der Waals surface area contributed by atoms with Gasteiger partial charge in [0.15, 0.2) is 6.61 Å². The first-order chi connectivity index (χ1) is 14.2. The Labute approximate surface area is 176 Å². The van der Waals surface area contributed by atoms with E-state index in [9.17, 15) is 22.8 Å². The molecule has 0 aliphatic heterocycles. The van der Waals surface area contributed by atoms with Crippen LogP contribution in [0.2, 0.25) is 0 Å². The molecule has 1 aromatic rings. The Kier molecular flexibility index (Phi) is 8.55. The van der Waals surface area contributed by atoms with Gasteiger partial charge in [-0.2, -0.15) is 0 Å². The molecular formula is C20H27N3O6S. The predicted molar refractivity (Wildman–Crippen MR) is 110 cm³/mol. The summed E-state index contributed by atoms with van der Waals surface area (Å²) < 4.78 is 31.2. The van der Waals surface area contributed by atoms with Crippen LogP contribution in [0.15, 0.2) is 41.8 Å². The molecule has 1 fully saturated rings. The highest BCUT2D eigenvalue weighted by molar-refractivity contribution is 7.89. The fraction of sp³-hybridized carbons (Fsp3) is 0.450. The molecular weight excluding hydrogens is 410 g/mol. The van der Waals surface area contributed by atoms with Crippen LogP contribution in [0.1, 0.15) is 43.0 Å². The molecule has 2 unspecified atom stereocenters. The van der Waals surface area contributed by atoms with Gasteiger partial charge in [0, 0.05) is 12.6 Å². The summed E-state index contributed by atoms with van der Waals surface area (Å²) in [4.78, 5) is 35.8. The number of amides is 3. The molecule has 1 aliphatic rings. The molecule has 164 valence electrons.